The van der Waals surface area contributed by atoms with Gasteiger partial charge in [0.15, 0.2) is 11.5 Å². The summed E-state index contributed by atoms with van der Waals surface area (Å²) in [6, 6.07) is 0.135. The van der Waals surface area contributed by atoms with Crippen LogP contribution in [-0.4, -0.2) is 37.3 Å². The van der Waals surface area contributed by atoms with Gasteiger partial charge in [0, 0.05) is 23.7 Å². The van der Waals surface area contributed by atoms with Crippen molar-refractivity contribution < 1.29 is 9.84 Å². The highest BCUT2D eigenvalue weighted by Crippen LogP contribution is 2.47. The zero-order valence-corrected chi connectivity index (χ0v) is 13.3. The second kappa shape index (κ2) is 5.80. The Labute approximate surface area is 125 Å². The Balaban J connectivity index is 2.54. The molecule has 112 valence electrons. The molecule has 2 unspecified atom stereocenters. The first-order valence-electron chi connectivity index (χ1n) is 6.88. The Hall–Kier alpha value is -0.970. The van der Waals surface area contributed by atoms with Gasteiger partial charge in [-0.05, 0) is 45.3 Å². The van der Waals surface area contributed by atoms with Gasteiger partial charge in [-0.25, -0.2) is 0 Å². The van der Waals surface area contributed by atoms with Gasteiger partial charge < -0.3 is 15.6 Å². The molecule has 0 bridgehead atoms. The third-order valence-corrected chi connectivity index (χ3v) is 4.95. The number of halogens is 1. The number of aromatic hydroxyl groups is 1. The molecular formula is C15H23ClN2O2. The van der Waals surface area contributed by atoms with Crippen molar-refractivity contribution in [3.8, 4) is 11.5 Å². The summed E-state index contributed by atoms with van der Waals surface area (Å²) in [7, 11) is 3.61. The average molecular weight is 299 g/mol. The summed E-state index contributed by atoms with van der Waals surface area (Å²) in [6.07, 6.45) is 0.934. The van der Waals surface area contributed by atoms with Crippen LogP contribution >= 0.6 is 11.6 Å². The van der Waals surface area contributed by atoms with Gasteiger partial charge in [0.25, 0.3) is 0 Å². The van der Waals surface area contributed by atoms with Gasteiger partial charge in [-0.2, -0.15) is 0 Å². The molecule has 0 saturated carbocycles. The Bertz CT molecular complexity index is 519. The number of likely N-dealkylation sites (tertiary alicyclic amines) is 1. The molecule has 1 fully saturated rings. The van der Waals surface area contributed by atoms with E-state index in [0.717, 1.165) is 29.7 Å². The highest BCUT2D eigenvalue weighted by atomic mass is 35.5. The lowest BCUT2D eigenvalue weighted by atomic mass is 9.93. The van der Waals surface area contributed by atoms with Crippen molar-refractivity contribution in [2.45, 2.75) is 26.3 Å². The molecule has 1 heterocycles. The molecule has 1 aromatic rings. The average Bonchev–Trinajstić information content (AvgIpc) is 2.79. The number of phenolic OH excluding ortho intramolecular Hbond substituents is 1. The quantitative estimate of drug-likeness (QED) is 0.900. The molecule has 1 aliphatic heterocycles. The topological polar surface area (TPSA) is 58.7 Å². The van der Waals surface area contributed by atoms with Gasteiger partial charge in [0.1, 0.15) is 0 Å². The number of phenols is 1. The molecule has 0 aromatic heterocycles. The number of methoxy groups -OCH3 is 1. The molecule has 1 aliphatic rings. The second-order valence-electron chi connectivity index (χ2n) is 5.65. The van der Waals surface area contributed by atoms with E-state index >= 15 is 0 Å². The zero-order valence-electron chi connectivity index (χ0n) is 12.5. The van der Waals surface area contributed by atoms with Crippen LogP contribution in [0.3, 0.4) is 0 Å². The minimum atomic E-state index is 0.135. The third kappa shape index (κ3) is 2.36. The van der Waals surface area contributed by atoms with E-state index in [2.05, 4.69) is 11.9 Å². The van der Waals surface area contributed by atoms with E-state index in [1.165, 1.54) is 0 Å². The molecule has 2 rings (SSSR count). The molecule has 1 saturated heterocycles. The maximum Gasteiger partial charge on any atom is 0.165 e. The first kappa shape index (κ1) is 15.4. The van der Waals surface area contributed by atoms with Crippen LogP contribution < -0.4 is 10.5 Å². The van der Waals surface area contributed by atoms with Crippen molar-refractivity contribution in [3.63, 3.8) is 0 Å². The van der Waals surface area contributed by atoms with Crippen molar-refractivity contribution in [2.24, 2.45) is 11.7 Å². The van der Waals surface area contributed by atoms with Crippen LogP contribution in [0.15, 0.2) is 0 Å². The second-order valence-corrected chi connectivity index (χ2v) is 6.03. The van der Waals surface area contributed by atoms with Crippen molar-refractivity contribution in [1.82, 2.24) is 4.90 Å². The molecule has 20 heavy (non-hydrogen) atoms. The largest absolute Gasteiger partial charge is 0.504 e. The number of hydrogen-bond donors (Lipinski definition) is 2. The summed E-state index contributed by atoms with van der Waals surface area (Å²) in [4.78, 5) is 2.23. The van der Waals surface area contributed by atoms with E-state index in [1.54, 1.807) is 7.11 Å². The van der Waals surface area contributed by atoms with E-state index in [1.807, 2.05) is 13.8 Å². The van der Waals surface area contributed by atoms with Crippen LogP contribution in [0, 0.1) is 19.8 Å². The summed E-state index contributed by atoms with van der Waals surface area (Å²) in [5, 5.41) is 11.2. The molecular weight excluding hydrogens is 276 g/mol. The highest BCUT2D eigenvalue weighted by Gasteiger charge is 2.34. The monoisotopic (exact) mass is 298 g/mol. The fraction of sp³-hybridized carbons (Fsp3) is 0.600. The van der Waals surface area contributed by atoms with Crippen LogP contribution in [-0.2, 0) is 0 Å². The minimum Gasteiger partial charge on any atom is -0.504 e. The fourth-order valence-electron chi connectivity index (χ4n) is 3.25. The van der Waals surface area contributed by atoms with Gasteiger partial charge in [0.05, 0.1) is 12.1 Å². The minimum absolute atomic E-state index is 0.135. The maximum absolute atomic E-state index is 10.6. The van der Waals surface area contributed by atoms with Gasteiger partial charge >= 0.3 is 0 Å². The summed E-state index contributed by atoms with van der Waals surface area (Å²) >= 11 is 6.40. The Morgan fingerprint density at radius 3 is 2.55 bits per heavy atom. The maximum atomic E-state index is 10.6. The van der Waals surface area contributed by atoms with E-state index in [-0.39, 0.29) is 11.8 Å². The molecule has 3 N–H and O–H groups in total. The first-order chi connectivity index (χ1) is 9.42. The number of rotatable bonds is 3. The van der Waals surface area contributed by atoms with E-state index in [0.29, 0.717) is 23.2 Å². The van der Waals surface area contributed by atoms with Crippen LogP contribution in [0.5, 0.6) is 11.5 Å². The first-order valence-corrected chi connectivity index (χ1v) is 7.25. The van der Waals surface area contributed by atoms with Crippen LogP contribution in [0.2, 0.25) is 5.02 Å². The van der Waals surface area contributed by atoms with Gasteiger partial charge in [-0.1, -0.05) is 11.6 Å². The molecule has 0 spiro atoms. The SMILES string of the molecule is COc1c(C)c(Cl)c(C)c(C2CC(CN)CN2C)c1O. The molecule has 0 radical (unpaired) electrons. The lowest BCUT2D eigenvalue weighted by molar-refractivity contribution is 0.299. The zero-order chi connectivity index (χ0) is 15.0. The van der Waals surface area contributed by atoms with Crippen LogP contribution in [0.1, 0.15) is 29.2 Å². The molecule has 2 atom stereocenters. The number of benzene rings is 1. The lowest BCUT2D eigenvalue weighted by Crippen LogP contribution is -2.21. The Morgan fingerprint density at radius 1 is 1.40 bits per heavy atom. The number of hydrogen-bond acceptors (Lipinski definition) is 4. The predicted octanol–water partition coefficient (Wildman–Crippen LogP) is 2.62. The normalized spacial score (nSPS) is 23.3. The van der Waals surface area contributed by atoms with Crippen molar-refractivity contribution in [1.29, 1.82) is 0 Å². The van der Waals surface area contributed by atoms with E-state index < -0.39 is 0 Å². The lowest BCUT2D eigenvalue weighted by Gasteiger charge is -2.25. The van der Waals surface area contributed by atoms with Gasteiger partial charge in [-0.15, -0.1) is 0 Å². The standard InChI is InChI=1S/C15H23ClN2O2/c1-8-12(11-5-10(6-17)7-18(11)3)14(19)15(20-4)9(2)13(8)16/h10-11,19H,5-7,17H2,1-4H3. The Morgan fingerprint density at radius 2 is 2.05 bits per heavy atom. The van der Waals surface area contributed by atoms with Crippen LogP contribution in [0.4, 0.5) is 0 Å². The van der Waals surface area contributed by atoms with Gasteiger partial charge in [0.2, 0.25) is 0 Å². The van der Waals surface area contributed by atoms with Crippen LogP contribution in [0.25, 0.3) is 0 Å². The number of ether oxygens (including phenoxy) is 1. The Kier molecular flexibility index (Phi) is 4.47. The molecule has 1 aromatic carbocycles. The summed E-state index contributed by atoms with van der Waals surface area (Å²) in [5.74, 6) is 1.14. The highest BCUT2D eigenvalue weighted by molar-refractivity contribution is 6.32. The van der Waals surface area contributed by atoms with Gasteiger partial charge in [-0.3, -0.25) is 4.90 Å². The third-order valence-electron chi connectivity index (χ3n) is 4.38. The molecule has 0 aliphatic carbocycles. The fourth-order valence-corrected chi connectivity index (χ4v) is 3.44. The number of nitrogens with zero attached hydrogens (tertiary/aromatic N) is 1. The smallest absolute Gasteiger partial charge is 0.165 e. The van der Waals surface area contributed by atoms with E-state index in [9.17, 15) is 5.11 Å². The summed E-state index contributed by atoms with van der Waals surface area (Å²) in [5.41, 5.74) is 8.36. The molecule has 4 nitrogen and oxygen atoms in total. The molecule has 0 amide bonds. The summed E-state index contributed by atoms with van der Waals surface area (Å²) < 4.78 is 5.32. The summed E-state index contributed by atoms with van der Waals surface area (Å²) in [6.45, 7) is 5.41. The molecule has 5 heteroatoms. The van der Waals surface area contributed by atoms with Crippen molar-refractivity contribution in [2.75, 3.05) is 27.2 Å². The van der Waals surface area contributed by atoms with E-state index in [4.69, 9.17) is 22.1 Å². The number of nitrogens with two attached hydrogens (primary N) is 1. The van der Waals surface area contributed by atoms with Crippen molar-refractivity contribution in [3.05, 3.63) is 21.7 Å². The predicted molar refractivity (Wildman–Crippen MR) is 81.7 cm³/mol. The van der Waals surface area contributed by atoms with Crippen molar-refractivity contribution >= 4 is 11.6 Å².